The number of aliphatic hydroxyl groups excluding tert-OH is 1. The lowest BCUT2D eigenvalue weighted by Crippen LogP contribution is -2.50. The van der Waals surface area contributed by atoms with Crippen LogP contribution in [0.1, 0.15) is 51.7 Å². The highest BCUT2D eigenvalue weighted by atomic mass is 28.4. The van der Waals surface area contributed by atoms with Gasteiger partial charge in [-0.05, 0) is 49.7 Å². The Balaban J connectivity index is 1.68. The van der Waals surface area contributed by atoms with E-state index in [9.17, 15) is 27.9 Å². The number of alkyl halides is 3. The highest BCUT2D eigenvalue weighted by molar-refractivity contribution is 6.74. The first kappa shape index (κ1) is 26.8. The van der Waals surface area contributed by atoms with Crippen LogP contribution in [0.15, 0.2) is 18.2 Å². The standard InChI is InChI=1S/C25H31F3N2O5Si/c1-22(2,3)36(5,6)34-10-9-24-12-17(31)23(4,35-24)18-19(24)21(33)30(20(18)32)15-8-7-14(13-29)16(11-15)25(26,27)28/h7-8,11,17-19,31H,9-10,12H2,1-6H3/t17-,18-,19+,23-,24+/m0/s1. The van der Waals surface area contributed by atoms with Crippen LogP contribution in [0.5, 0.6) is 0 Å². The van der Waals surface area contributed by atoms with Crippen molar-refractivity contribution in [3.63, 3.8) is 0 Å². The quantitative estimate of drug-likeness (QED) is 0.453. The van der Waals surface area contributed by atoms with Gasteiger partial charge in [0.1, 0.15) is 5.60 Å². The normalized spacial score (nSPS) is 32.2. The number of carbonyl (C=O) groups excluding carboxylic acids is 2. The molecule has 7 nitrogen and oxygen atoms in total. The molecule has 0 aromatic heterocycles. The average Bonchev–Trinajstić information content (AvgIpc) is 3.27. The van der Waals surface area contributed by atoms with Gasteiger partial charge in [-0.15, -0.1) is 0 Å². The van der Waals surface area contributed by atoms with Crippen LogP contribution in [0.2, 0.25) is 18.1 Å². The smallest absolute Gasteiger partial charge is 0.417 e. The number of carbonyl (C=O) groups is 2. The third-order valence-corrected chi connectivity index (χ3v) is 13.1. The van der Waals surface area contributed by atoms with Gasteiger partial charge in [-0.25, -0.2) is 4.90 Å². The van der Waals surface area contributed by atoms with E-state index in [0.29, 0.717) is 6.07 Å². The Hall–Kier alpha value is -2.26. The van der Waals surface area contributed by atoms with E-state index >= 15 is 0 Å². The fraction of sp³-hybridized carbons (Fsp3) is 0.640. The predicted molar refractivity (Wildman–Crippen MR) is 126 cm³/mol. The van der Waals surface area contributed by atoms with Crippen molar-refractivity contribution in [2.75, 3.05) is 11.5 Å². The summed E-state index contributed by atoms with van der Waals surface area (Å²) in [6.45, 7) is 12.3. The van der Waals surface area contributed by atoms with Gasteiger partial charge in [0, 0.05) is 13.0 Å². The molecule has 3 heterocycles. The molecule has 3 aliphatic rings. The van der Waals surface area contributed by atoms with Crippen LogP contribution in [0.3, 0.4) is 0 Å². The first-order chi connectivity index (χ1) is 16.4. The second-order valence-electron chi connectivity index (χ2n) is 11.7. The van der Waals surface area contributed by atoms with Crippen LogP contribution in [0, 0.1) is 23.2 Å². The Morgan fingerprint density at radius 3 is 2.39 bits per heavy atom. The minimum absolute atomic E-state index is 0.0465. The highest BCUT2D eigenvalue weighted by Gasteiger charge is 2.77. The van der Waals surface area contributed by atoms with Gasteiger partial charge in [-0.2, -0.15) is 18.4 Å². The van der Waals surface area contributed by atoms with Gasteiger partial charge in [-0.3, -0.25) is 9.59 Å². The number of hydrogen-bond donors (Lipinski definition) is 1. The maximum Gasteiger partial charge on any atom is 0.417 e. The Morgan fingerprint density at radius 2 is 1.83 bits per heavy atom. The lowest BCUT2D eigenvalue weighted by molar-refractivity contribution is -0.138. The zero-order valence-electron chi connectivity index (χ0n) is 21.2. The molecular weight excluding hydrogens is 493 g/mol. The predicted octanol–water partition coefficient (Wildman–Crippen LogP) is 4.39. The summed E-state index contributed by atoms with van der Waals surface area (Å²) in [5, 5.41) is 19.9. The van der Waals surface area contributed by atoms with Gasteiger partial charge >= 0.3 is 6.18 Å². The number of aliphatic hydroxyl groups is 1. The third kappa shape index (κ3) is 3.81. The van der Waals surface area contributed by atoms with Crippen molar-refractivity contribution < 1.29 is 37.0 Å². The fourth-order valence-corrected chi connectivity index (χ4v) is 6.62. The van der Waals surface area contributed by atoms with Gasteiger partial charge in [-0.1, -0.05) is 20.8 Å². The summed E-state index contributed by atoms with van der Waals surface area (Å²) in [6, 6.07) is 4.28. The minimum atomic E-state index is -4.84. The van der Waals surface area contributed by atoms with Crippen molar-refractivity contribution in [3.8, 4) is 6.07 Å². The number of benzene rings is 1. The number of nitriles is 1. The molecule has 1 N–H and O–H groups in total. The second-order valence-corrected chi connectivity index (χ2v) is 16.5. The molecule has 3 fully saturated rings. The number of fused-ring (bicyclic) bond motifs is 5. The summed E-state index contributed by atoms with van der Waals surface area (Å²) in [6.07, 6.45) is -5.47. The largest absolute Gasteiger partial charge is 0.417 e. The van der Waals surface area contributed by atoms with Gasteiger partial charge < -0.3 is 14.3 Å². The molecule has 1 aromatic carbocycles. The maximum absolute atomic E-state index is 13.6. The molecule has 36 heavy (non-hydrogen) atoms. The van der Waals surface area contributed by atoms with Gasteiger partial charge in [0.25, 0.3) is 0 Å². The number of anilines is 1. The molecule has 3 saturated heterocycles. The topological polar surface area (TPSA) is 99.9 Å². The van der Waals surface area contributed by atoms with E-state index < -0.39 is 66.6 Å². The minimum Gasteiger partial charge on any atom is -0.417 e. The molecule has 2 amide bonds. The molecule has 11 heteroatoms. The molecule has 4 rings (SSSR count). The van der Waals surface area contributed by atoms with Crippen LogP contribution in [-0.2, 0) is 24.9 Å². The van der Waals surface area contributed by atoms with E-state index in [2.05, 4.69) is 33.9 Å². The molecule has 1 aromatic rings. The van der Waals surface area contributed by atoms with E-state index in [1.165, 1.54) is 12.1 Å². The van der Waals surface area contributed by atoms with Crippen molar-refractivity contribution in [2.24, 2.45) is 11.8 Å². The average molecular weight is 525 g/mol. The SMILES string of the molecule is CC(C)(C)[Si](C)(C)OCC[C@]12C[C@H](O)[C@](C)(O1)[C@@H]1C(=O)N(c3ccc(C#N)c(C(F)(F)F)c3)C(=O)[C@@H]12. The number of imide groups is 1. The Morgan fingerprint density at radius 1 is 1.22 bits per heavy atom. The monoisotopic (exact) mass is 524 g/mol. The number of rotatable bonds is 5. The zero-order chi connectivity index (χ0) is 27.1. The lowest BCUT2D eigenvalue weighted by atomic mass is 9.66. The number of amides is 2. The molecule has 5 atom stereocenters. The maximum atomic E-state index is 13.6. The molecule has 0 saturated carbocycles. The summed E-state index contributed by atoms with van der Waals surface area (Å²) in [7, 11) is -2.12. The fourth-order valence-electron chi connectivity index (χ4n) is 5.58. The van der Waals surface area contributed by atoms with E-state index in [-0.39, 0.29) is 30.2 Å². The number of hydrogen-bond acceptors (Lipinski definition) is 6. The van der Waals surface area contributed by atoms with Crippen LogP contribution < -0.4 is 4.90 Å². The summed E-state index contributed by atoms with van der Waals surface area (Å²) in [4.78, 5) is 27.9. The van der Waals surface area contributed by atoms with E-state index in [1.54, 1.807) is 6.92 Å². The molecule has 2 bridgehead atoms. The summed E-state index contributed by atoms with van der Waals surface area (Å²) in [5.74, 6) is -3.36. The number of ether oxygens (including phenoxy) is 1. The summed E-state index contributed by atoms with van der Waals surface area (Å²) >= 11 is 0. The zero-order valence-corrected chi connectivity index (χ0v) is 22.2. The van der Waals surface area contributed by atoms with E-state index in [0.717, 1.165) is 11.0 Å². The van der Waals surface area contributed by atoms with Crippen molar-refractivity contribution in [1.29, 1.82) is 5.26 Å². The first-order valence-electron chi connectivity index (χ1n) is 11.9. The summed E-state index contributed by atoms with van der Waals surface area (Å²) in [5.41, 5.74) is -4.58. The lowest BCUT2D eigenvalue weighted by Gasteiger charge is -2.38. The van der Waals surface area contributed by atoms with Crippen LogP contribution in [-0.4, -0.2) is 49.2 Å². The second kappa shape index (κ2) is 8.12. The molecule has 0 unspecified atom stereocenters. The van der Waals surface area contributed by atoms with Crippen molar-refractivity contribution in [1.82, 2.24) is 0 Å². The third-order valence-electron chi connectivity index (χ3n) is 8.60. The molecular formula is C25H31F3N2O5Si. The molecule has 0 aliphatic carbocycles. The number of nitrogens with zero attached hydrogens (tertiary/aromatic N) is 2. The van der Waals surface area contributed by atoms with E-state index in [4.69, 9.17) is 14.4 Å². The van der Waals surface area contributed by atoms with Gasteiger partial charge in [0.15, 0.2) is 8.32 Å². The Bertz CT molecular complexity index is 1160. The number of halogens is 3. The Labute approximate surface area is 209 Å². The van der Waals surface area contributed by atoms with Gasteiger partial charge in [0.2, 0.25) is 11.8 Å². The highest BCUT2D eigenvalue weighted by Crippen LogP contribution is 2.62. The Kier molecular flexibility index (Phi) is 6.04. The van der Waals surface area contributed by atoms with Crippen LogP contribution >= 0.6 is 0 Å². The molecule has 0 spiro atoms. The van der Waals surface area contributed by atoms with Crippen molar-refractivity contribution >= 4 is 25.8 Å². The van der Waals surface area contributed by atoms with Crippen molar-refractivity contribution in [2.45, 2.75) is 82.2 Å². The van der Waals surface area contributed by atoms with Gasteiger partial charge in [0.05, 0.1) is 46.4 Å². The molecule has 3 aliphatic heterocycles. The van der Waals surface area contributed by atoms with Crippen LogP contribution in [0.25, 0.3) is 0 Å². The molecule has 196 valence electrons. The van der Waals surface area contributed by atoms with Crippen LogP contribution in [0.4, 0.5) is 18.9 Å². The summed E-state index contributed by atoms with van der Waals surface area (Å²) < 4.78 is 53.2. The van der Waals surface area contributed by atoms with Crippen molar-refractivity contribution in [3.05, 3.63) is 29.3 Å². The molecule has 0 radical (unpaired) electrons. The van der Waals surface area contributed by atoms with E-state index in [1.807, 2.05) is 0 Å². The first-order valence-corrected chi connectivity index (χ1v) is 14.8.